The quantitative estimate of drug-likeness (QED) is 0.360. The van der Waals surface area contributed by atoms with Crippen LogP contribution in [0, 0.1) is 0 Å². The molecule has 0 aliphatic heterocycles. The molecule has 0 radical (unpaired) electrons. The molecule has 2 amide bonds. The van der Waals surface area contributed by atoms with Gasteiger partial charge in [0.25, 0.3) is 0 Å². The molecule has 0 heterocycles. The van der Waals surface area contributed by atoms with Gasteiger partial charge in [0.2, 0.25) is 11.8 Å². The van der Waals surface area contributed by atoms with Crippen molar-refractivity contribution in [2.75, 3.05) is 13.1 Å². The average Bonchev–Trinajstić information content (AvgIpc) is 2.09. The Morgan fingerprint density at radius 2 is 2.00 bits per heavy atom. The van der Waals surface area contributed by atoms with E-state index >= 15 is 0 Å². The summed E-state index contributed by atoms with van der Waals surface area (Å²) in [7, 11) is 0. The van der Waals surface area contributed by atoms with Crippen molar-refractivity contribution in [1.29, 1.82) is 0 Å². The van der Waals surface area contributed by atoms with Crippen LogP contribution in [0.15, 0.2) is 0 Å². The molecule has 0 aliphatic carbocycles. The lowest BCUT2D eigenvalue weighted by molar-refractivity contribution is -0.132. The normalized spacial score (nSPS) is 11.0. The van der Waals surface area contributed by atoms with Crippen LogP contribution in [0.3, 0.4) is 0 Å². The summed E-state index contributed by atoms with van der Waals surface area (Å²) < 4.78 is -0.607. The van der Waals surface area contributed by atoms with Crippen molar-refractivity contribution in [3.8, 4) is 0 Å². The summed E-state index contributed by atoms with van der Waals surface area (Å²) in [5, 5.41) is 3.88. The molecule has 0 aromatic heterocycles. The molecular weight excluding hydrogens is 264 g/mol. The van der Waals surface area contributed by atoms with Gasteiger partial charge < -0.3 is 5.32 Å². The number of nitrogens with zero attached hydrogens (tertiary/aromatic N) is 1. The third kappa shape index (κ3) is 5.71. The second-order valence-electron chi connectivity index (χ2n) is 3.53. The number of halogens is 1. The summed E-state index contributed by atoms with van der Waals surface area (Å²) in [6.07, 6.45) is 0. The second-order valence-corrected chi connectivity index (χ2v) is 5.51. The highest BCUT2D eigenvalue weighted by Gasteiger charge is 2.22. The molecule has 0 saturated carbocycles. The maximum Gasteiger partial charge on any atom is 0.236 e. The highest BCUT2D eigenvalue weighted by atomic mass is 79.9. The zero-order valence-electron chi connectivity index (χ0n) is 9.13. The Morgan fingerprint density at radius 3 is 2.33 bits per heavy atom. The first-order valence-electron chi connectivity index (χ1n) is 4.50. The summed E-state index contributed by atoms with van der Waals surface area (Å²) in [5.41, 5.74) is 2.23. The van der Waals surface area contributed by atoms with Gasteiger partial charge in [-0.15, -0.1) is 0 Å². The van der Waals surface area contributed by atoms with Gasteiger partial charge in [0, 0.05) is 13.5 Å². The number of nitrogens with two attached hydrogens (primary N) is 1. The van der Waals surface area contributed by atoms with Gasteiger partial charge in [0.05, 0.1) is 10.9 Å². The first kappa shape index (κ1) is 14.3. The standard InChI is InChI=1S/C8H17BrN4O2/c1-6(14)13(12-10)5-4-11-7(15)8(2,3)9/h12H,4-5,10H2,1-3H3,(H,11,15). The zero-order valence-corrected chi connectivity index (χ0v) is 10.7. The van der Waals surface area contributed by atoms with Crippen molar-refractivity contribution in [2.24, 2.45) is 5.84 Å². The van der Waals surface area contributed by atoms with Crippen LogP contribution >= 0.6 is 15.9 Å². The summed E-state index contributed by atoms with van der Waals surface area (Å²) >= 11 is 3.22. The van der Waals surface area contributed by atoms with Crippen LogP contribution in [0.2, 0.25) is 0 Å². The van der Waals surface area contributed by atoms with Crippen LogP contribution in [0.5, 0.6) is 0 Å². The average molecular weight is 281 g/mol. The van der Waals surface area contributed by atoms with Crippen LogP contribution in [-0.4, -0.2) is 34.2 Å². The lowest BCUT2D eigenvalue weighted by atomic mass is 10.2. The molecule has 0 aliphatic rings. The maximum atomic E-state index is 11.4. The van der Waals surface area contributed by atoms with Gasteiger partial charge >= 0.3 is 0 Å². The highest BCUT2D eigenvalue weighted by Crippen LogP contribution is 2.14. The molecule has 6 nitrogen and oxygen atoms in total. The van der Waals surface area contributed by atoms with Crippen molar-refractivity contribution >= 4 is 27.7 Å². The zero-order chi connectivity index (χ0) is 12.1. The fourth-order valence-corrected chi connectivity index (χ4v) is 0.945. The Labute approximate surface area is 97.6 Å². The van der Waals surface area contributed by atoms with Crippen LogP contribution in [0.1, 0.15) is 20.8 Å². The second kappa shape index (κ2) is 6.04. The minimum absolute atomic E-state index is 0.136. The molecule has 0 fully saturated rings. The lowest BCUT2D eigenvalue weighted by Crippen LogP contribution is -2.50. The molecular formula is C8H17BrN4O2. The number of carbonyl (C=O) groups excluding carboxylic acids is 2. The van der Waals surface area contributed by atoms with Crippen molar-refractivity contribution in [1.82, 2.24) is 15.9 Å². The molecule has 0 spiro atoms. The van der Waals surface area contributed by atoms with Crippen LogP contribution in [0.4, 0.5) is 0 Å². The summed E-state index contributed by atoms with van der Waals surface area (Å²) in [6.45, 7) is 5.53. The molecule has 0 aromatic rings. The predicted molar refractivity (Wildman–Crippen MR) is 60.7 cm³/mol. The van der Waals surface area contributed by atoms with Crippen molar-refractivity contribution in [3.63, 3.8) is 0 Å². The molecule has 88 valence electrons. The Bertz CT molecular complexity index is 239. The largest absolute Gasteiger partial charge is 0.353 e. The molecule has 0 saturated heterocycles. The summed E-state index contributed by atoms with van der Waals surface area (Å²) in [6, 6.07) is 0. The first-order chi connectivity index (χ1) is 6.79. The van der Waals surface area contributed by atoms with E-state index in [4.69, 9.17) is 5.84 Å². The van der Waals surface area contributed by atoms with Gasteiger partial charge in [-0.3, -0.25) is 20.4 Å². The molecule has 7 heteroatoms. The number of hydrogen-bond donors (Lipinski definition) is 3. The van der Waals surface area contributed by atoms with Crippen molar-refractivity contribution in [2.45, 2.75) is 25.1 Å². The van der Waals surface area contributed by atoms with E-state index in [0.717, 1.165) is 0 Å². The maximum absolute atomic E-state index is 11.4. The van der Waals surface area contributed by atoms with E-state index in [-0.39, 0.29) is 11.8 Å². The summed E-state index contributed by atoms with van der Waals surface area (Å²) in [4.78, 5) is 22.3. The fourth-order valence-electron chi connectivity index (χ4n) is 0.804. The Kier molecular flexibility index (Phi) is 5.77. The number of rotatable bonds is 5. The number of hydrazine groups is 2. The molecule has 4 N–H and O–H groups in total. The molecule has 0 rings (SSSR count). The van der Waals surface area contributed by atoms with Gasteiger partial charge in [0.1, 0.15) is 0 Å². The molecule has 0 atom stereocenters. The van der Waals surface area contributed by atoms with E-state index < -0.39 is 4.32 Å². The van der Waals surface area contributed by atoms with E-state index in [1.165, 1.54) is 11.9 Å². The van der Waals surface area contributed by atoms with Crippen LogP contribution in [-0.2, 0) is 9.59 Å². The van der Waals surface area contributed by atoms with E-state index in [0.29, 0.717) is 13.1 Å². The molecule has 0 bridgehead atoms. The third-order valence-electron chi connectivity index (χ3n) is 1.70. The topological polar surface area (TPSA) is 87.5 Å². The van der Waals surface area contributed by atoms with Gasteiger partial charge in [-0.1, -0.05) is 15.9 Å². The van der Waals surface area contributed by atoms with Crippen molar-refractivity contribution in [3.05, 3.63) is 0 Å². The Hall–Kier alpha value is -0.660. The van der Waals surface area contributed by atoms with E-state index in [2.05, 4.69) is 26.8 Å². The predicted octanol–water partition coefficient (Wildman–Crippen LogP) is -0.497. The fraction of sp³-hybridized carbons (Fsp3) is 0.750. The van der Waals surface area contributed by atoms with Crippen LogP contribution < -0.4 is 16.7 Å². The monoisotopic (exact) mass is 280 g/mol. The van der Waals surface area contributed by atoms with Crippen LogP contribution in [0.25, 0.3) is 0 Å². The minimum atomic E-state index is -0.607. The van der Waals surface area contributed by atoms with Gasteiger partial charge in [-0.2, -0.15) is 5.53 Å². The van der Waals surface area contributed by atoms with Gasteiger partial charge in [-0.25, -0.2) is 0 Å². The molecule has 15 heavy (non-hydrogen) atoms. The van der Waals surface area contributed by atoms with E-state index in [1.54, 1.807) is 13.8 Å². The van der Waals surface area contributed by atoms with Gasteiger partial charge in [0.15, 0.2) is 0 Å². The number of carbonyl (C=O) groups is 2. The van der Waals surface area contributed by atoms with Gasteiger partial charge in [-0.05, 0) is 13.8 Å². The number of alkyl halides is 1. The Morgan fingerprint density at radius 1 is 1.47 bits per heavy atom. The highest BCUT2D eigenvalue weighted by molar-refractivity contribution is 9.10. The van der Waals surface area contributed by atoms with E-state index in [9.17, 15) is 9.59 Å². The first-order valence-corrected chi connectivity index (χ1v) is 5.30. The lowest BCUT2D eigenvalue weighted by Gasteiger charge is -2.21. The SMILES string of the molecule is CC(=O)N(CCNC(=O)C(C)(C)Br)NN. The Balaban J connectivity index is 3.89. The summed E-state index contributed by atoms with van der Waals surface area (Å²) in [5.74, 6) is 4.77. The number of nitrogens with one attached hydrogen (secondary N) is 2. The molecule has 0 aromatic carbocycles. The third-order valence-corrected chi connectivity index (χ3v) is 2.06. The number of amides is 2. The minimum Gasteiger partial charge on any atom is -0.353 e. The number of hydrogen-bond acceptors (Lipinski definition) is 4. The van der Waals surface area contributed by atoms with E-state index in [1.807, 2.05) is 0 Å². The molecule has 0 unspecified atom stereocenters. The smallest absolute Gasteiger partial charge is 0.236 e. The van der Waals surface area contributed by atoms with Crippen molar-refractivity contribution < 1.29 is 9.59 Å².